The van der Waals surface area contributed by atoms with Crippen LogP contribution < -0.4 is 5.73 Å². The van der Waals surface area contributed by atoms with Crippen molar-refractivity contribution in [3.8, 4) is 0 Å². The highest BCUT2D eigenvalue weighted by Crippen LogP contribution is 1.93. The minimum atomic E-state index is 0.138. The Labute approximate surface area is 55.8 Å². The summed E-state index contributed by atoms with van der Waals surface area (Å²) >= 11 is 0. The summed E-state index contributed by atoms with van der Waals surface area (Å²) in [6.45, 7) is 3.24. The molecule has 0 aromatic rings. The van der Waals surface area contributed by atoms with Gasteiger partial charge in [0.25, 0.3) is 0 Å². The van der Waals surface area contributed by atoms with Crippen molar-refractivity contribution < 1.29 is 9.84 Å². The lowest BCUT2D eigenvalue weighted by molar-refractivity contribution is 0.0531. The van der Waals surface area contributed by atoms with Crippen LogP contribution in [0.25, 0.3) is 0 Å². The van der Waals surface area contributed by atoms with Crippen molar-refractivity contribution >= 4 is 0 Å². The molecule has 0 amide bonds. The highest BCUT2D eigenvalue weighted by atomic mass is 16.5. The normalized spacial score (nSPS) is 13.7. The first-order valence-corrected chi connectivity index (χ1v) is 3.23. The van der Waals surface area contributed by atoms with E-state index in [0.29, 0.717) is 19.6 Å². The number of hydrogen-bond acceptors (Lipinski definition) is 3. The summed E-state index contributed by atoms with van der Waals surface area (Å²) in [4.78, 5) is 0. The van der Waals surface area contributed by atoms with Crippen molar-refractivity contribution in [1.82, 2.24) is 0 Å². The van der Waals surface area contributed by atoms with Crippen molar-refractivity contribution in [2.24, 2.45) is 5.73 Å². The molecule has 0 saturated heterocycles. The van der Waals surface area contributed by atoms with Crippen LogP contribution in [0, 0.1) is 0 Å². The van der Waals surface area contributed by atoms with Crippen molar-refractivity contribution in [3.05, 3.63) is 0 Å². The minimum Gasteiger partial charge on any atom is -0.396 e. The van der Waals surface area contributed by atoms with E-state index in [-0.39, 0.29) is 12.7 Å². The Bertz CT molecular complexity index is 59.0. The Kier molecular flexibility index (Phi) is 5.93. The Morgan fingerprint density at radius 3 is 2.78 bits per heavy atom. The minimum absolute atomic E-state index is 0.138. The van der Waals surface area contributed by atoms with Crippen LogP contribution in [0.3, 0.4) is 0 Å². The van der Waals surface area contributed by atoms with Crippen LogP contribution in [0.15, 0.2) is 0 Å². The molecule has 0 saturated carbocycles. The molecule has 0 aromatic heterocycles. The van der Waals surface area contributed by atoms with Gasteiger partial charge in [0.15, 0.2) is 0 Å². The van der Waals surface area contributed by atoms with E-state index in [1.54, 1.807) is 0 Å². The van der Waals surface area contributed by atoms with Gasteiger partial charge in [-0.1, -0.05) is 0 Å². The summed E-state index contributed by atoms with van der Waals surface area (Å²) in [7, 11) is 0. The predicted molar refractivity (Wildman–Crippen MR) is 36.2 cm³/mol. The lowest BCUT2D eigenvalue weighted by atomic mass is 10.3. The number of ether oxygens (including phenoxy) is 1. The van der Waals surface area contributed by atoms with Gasteiger partial charge in [0.05, 0.1) is 12.7 Å². The van der Waals surface area contributed by atoms with Crippen molar-refractivity contribution in [3.63, 3.8) is 0 Å². The van der Waals surface area contributed by atoms with Gasteiger partial charge in [0.2, 0.25) is 0 Å². The van der Waals surface area contributed by atoms with E-state index in [4.69, 9.17) is 15.6 Å². The van der Waals surface area contributed by atoms with Crippen molar-refractivity contribution in [2.45, 2.75) is 19.4 Å². The van der Waals surface area contributed by atoms with Gasteiger partial charge < -0.3 is 15.6 Å². The average Bonchev–Trinajstić information content (AvgIpc) is 1.85. The maximum absolute atomic E-state index is 8.42. The first kappa shape index (κ1) is 8.88. The third-order valence-electron chi connectivity index (χ3n) is 1.06. The maximum atomic E-state index is 8.42. The van der Waals surface area contributed by atoms with E-state index >= 15 is 0 Å². The molecular weight excluding hydrogens is 118 g/mol. The summed E-state index contributed by atoms with van der Waals surface area (Å²) in [5.74, 6) is 0. The molecule has 0 aliphatic rings. The zero-order valence-corrected chi connectivity index (χ0v) is 5.84. The molecule has 0 aliphatic heterocycles. The van der Waals surface area contributed by atoms with E-state index in [1.807, 2.05) is 6.92 Å². The third-order valence-corrected chi connectivity index (χ3v) is 1.06. The Hall–Kier alpha value is -0.120. The van der Waals surface area contributed by atoms with Gasteiger partial charge in [0, 0.05) is 13.2 Å². The molecule has 9 heavy (non-hydrogen) atoms. The van der Waals surface area contributed by atoms with Gasteiger partial charge in [-0.2, -0.15) is 0 Å². The molecule has 1 unspecified atom stereocenters. The molecule has 0 rings (SSSR count). The Morgan fingerprint density at radius 2 is 2.33 bits per heavy atom. The van der Waals surface area contributed by atoms with Crippen LogP contribution in [-0.4, -0.2) is 31.0 Å². The quantitative estimate of drug-likeness (QED) is 0.543. The monoisotopic (exact) mass is 133 g/mol. The SMILES string of the molecule is CC(CCO)OCCN. The standard InChI is InChI=1S/C6H15NO2/c1-6(2-4-8)9-5-3-7/h6,8H,2-5,7H2,1H3. The highest BCUT2D eigenvalue weighted by molar-refractivity contribution is 4.47. The van der Waals surface area contributed by atoms with Gasteiger partial charge in [-0.05, 0) is 13.3 Å². The summed E-state index contributed by atoms with van der Waals surface area (Å²) in [5.41, 5.74) is 5.19. The van der Waals surface area contributed by atoms with Crippen LogP contribution >= 0.6 is 0 Å². The van der Waals surface area contributed by atoms with Crippen molar-refractivity contribution in [2.75, 3.05) is 19.8 Å². The van der Waals surface area contributed by atoms with Gasteiger partial charge >= 0.3 is 0 Å². The fourth-order valence-electron chi connectivity index (χ4n) is 0.534. The molecule has 0 heterocycles. The lowest BCUT2D eigenvalue weighted by Crippen LogP contribution is -2.16. The molecule has 3 heteroatoms. The smallest absolute Gasteiger partial charge is 0.0592 e. The molecule has 0 aromatic carbocycles. The van der Waals surface area contributed by atoms with Gasteiger partial charge in [-0.25, -0.2) is 0 Å². The molecule has 0 spiro atoms. The fraction of sp³-hybridized carbons (Fsp3) is 1.00. The molecule has 0 radical (unpaired) electrons. The first-order chi connectivity index (χ1) is 4.31. The fourth-order valence-corrected chi connectivity index (χ4v) is 0.534. The zero-order valence-electron chi connectivity index (χ0n) is 5.84. The lowest BCUT2D eigenvalue weighted by Gasteiger charge is -2.09. The van der Waals surface area contributed by atoms with E-state index in [1.165, 1.54) is 0 Å². The second kappa shape index (κ2) is 6.01. The van der Waals surface area contributed by atoms with E-state index < -0.39 is 0 Å². The van der Waals surface area contributed by atoms with Crippen LogP contribution in [0.5, 0.6) is 0 Å². The summed E-state index contributed by atoms with van der Waals surface area (Å²) < 4.78 is 5.15. The number of hydrogen-bond donors (Lipinski definition) is 2. The Balaban J connectivity index is 2.95. The van der Waals surface area contributed by atoms with Crippen LogP contribution in [0.1, 0.15) is 13.3 Å². The number of nitrogens with two attached hydrogens (primary N) is 1. The molecular formula is C6H15NO2. The average molecular weight is 133 g/mol. The summed E-state index contributed by atoms with van der Waals surface area (Å²) in [6, 6.07) is 0. The first-order valence-electron chi connectivity index (χ1n) is 3.23. The van der Waals surface area contributed by atoms with Crippen LogP contribution in [0.4, 0.5) is 0 Å². The van der Waals surface area contributed by atoms with Gasteiger partial charge in [-0.15, -0.1) is 0 Å². The second-order valence-corrected chi connectivity index (χ2v) is 1.98. The van der Waals surface area contributed by atoms with E-state index in [9.17, 15) is 0 Å². The van der Waals surface area contributed by atoms with E-state index in [0.717, 1.165) is 0 Å². The topological polar surface area (TPSA) is 55.5 Å². The van der Waals surface area contributed by atoms with Gasteiger partial charge in [0.1, 0.15) is 0 Å². The maximum Gasteiger partial charge on any atom is 0.0592 e. The second-order valence-electron chi connectivity index (χ2n) is 1.98. The number of aliphatic hydroxyl groups excluding tert-OH is 1. The number of rotatable bonds is 5. The largest absolute Gasteiger partial charge is 0.396 e. The molecule has 56 valence electrons. The Morgan fingerprint density at radius 1 is 1.67 bits per heavy atom. The summed E-state index contributed by atoms with van der Waals surface area (Å²) in [5, 5.41) is 8.42. The predicted octanol–water partition coefficient (Wildman–Crippen LogP) is -0.267. The van der Waals surface area contributed by atoms with E-state index in [2.05, 4.69) is 0 Å². The van der Waals surface area contributed by atoms with Crippen LogP contribution in [-0.2, 0) is 4.74 Å². The van der Waals surface area contributed by atoms with Crippen LogP contribution in [0.2, 0.25) is 0 Å². The molecule has 0 bridgehead atoms. The zero-order chi connectivity index (χ0) is 7.11. The molecule has 1 atom stereocenters. The van der Waals surface area contributed by atoms with Crippen molar-refractivity contribution in [1.29, 1.82) is 0 Å². The molecule has 0 fully saturated rings. The molecule has 3 nitrogen and oxygen atoms in total. The highest BCUT2D eigenvalue weighted by Gasteiger charge is 1.97. The molecule has 3 N–H and O–H groups in total. The van der Waals surface area contributed by atoms with Gasteiger partial charge in [-0.3, -0.25) is 0 Å². The molecule has 0 aliphatic carbocycles. The number of aliphatic hydroxyl groups is 1. The third kappa shape index (κ3) is 5.76. The summed E-state index contributed by atoms with van der Waals surface area (Å²) in [6.07, 6.45) is 0.832.